The van der Waals surface area contributed by atoms with Crippen LogP contribution >= 0.6 is 11.8 Å². The van der Waals surface area contributed by atoms with Crippen molar-refractivity contribution in [2.75, 3.05) is 23.7 Å². The third-order valence-corrected chi connectivity index (χ3v) is 6.18. The SMILES string of the molecule is CCN(CC)c1ccc(/C=N/NC(=O)CSc2cc(C)nc3c(C)cc(C)cc23)cc1. The first kappa shape index (κ1) is 22.8. The molecular weight excluding hydrogens is 404 g/mol. The molecule has 3 rings (SSSR count). The molecule has 0 saturated heterocycles. The molecule has 0 fully saturated rings. The van der Waals surface area contributed by atoms with Gasteiger partial charge in [-0.15, -0.1) is 11.8 Å². The summed E-state index contributed by atoms with van der Waals surface area (Å²) in [5, 5.41) is 5.21. The van der Waals surface area contributed by atoms with E-state index in [9.17, 15) is 4.79 Å². The van der Waals surface area contributed by atoms with Crippen LogP contribution in [0.4, 0.5) is 5.69 Å². The lowest BCUT2D eigenvalue weighted by Gasteiger charge is -2.20. The van der Waals surface area contributed by atoms with Crippen molar-refractivity contribution in [1.82, 2.24) is 10.4 Å². The third-order valence-electron chi connectivity index (χ3n) is 5.12. The lowest BCUT2D eigenvalue weighted by molar-refractivity contribution is -0.118. The van der Waals surface area contributed by atoms with Gasteiger partial charge in [-0.05, 0) is 70.0 Å². The molecule has 0 aliphatic rings. The summed E-state index contributed by atoms with van der Waals surface area (Å²) in [6.45, 7) is 12.4. The van der Waals surface area contributed by atoms with E-state index in [1.807, 2.05) is 25.1 Å². The normalized spacial score (nSPS) is 11.3. The van der Waals surface area contributed by atoms with Crippen LogP contribution < -0.4 is 10.3 Å². The number of benzene rings is 2. The molecule has 2 aromatic carbocycles. The van der Waals surface area contributed by atoms with Gasteiger partial charge < -0.3 is 4.90 Å². The van der Waals surface area contributed by atoms with E-state index in [0.717, 1.165) is 45.7 Å². The van der Waals surface area contributed by atoms with Gasteiger partial charge in [0.25, 0.3) is 0 Å². The summed E-state index contributed by atoms with van der Waals surface area (Å²) in [6, 6.07) is 14.5. The fourth-order valence-electron chi connectivity index (χ4n) is 3.61. The van der Waals surface area contributed by atoms with Crippen LogP contribution in [0.1, 0.15) is 36.2 Å². The minimum atomic E-state index is -0.131. The molecule has 0 aliphatic carbocycles. The Hall–Kier alpha value is -2.86. The van der Waals surface area contributed by atoms with Crippen molar-refractivity contribution >= 4 is 40.5 Å². The fraction of sp³-hybridized carbons (Fsp3) is 0.320. The second-order valence-corrected chi connectivity index (χ2v) is 8.60. The largest absolute Gasteiger partial charge is 0.372 e. The number of aryl methyl sites for hydroxylation is 3. The van der Waals surface area contributed by atoms with Gasteiger partial charge in [0.05, 0.1) is 17.5 Å². The van der Waals surface area contributed by atoms with Crippen LogP contribution in [0.15, 0.2) is 52.5 Å². The standard InChI is InChI=1S/C25H30N4OS/c1-6-29(7-2)21-10-8-20(9-11-21)15-26-28-24(30)16-31-23-14-19(5)27-25-18(4)12-17(3)13-22(23)25/h8-15H,6-7,16H2,1-5H3,(H,28,30)/b26-15+. The van der Waals surface area contributed by atoms with E-state index in [1.54, 1.807) is 6.21 Å². The number of pyridine rings is 1. The van der Waals surface area contributed by atoms with Gasteiger partial charge in [-0.3, -0.25) is 9.78 Å². The predicted molar refractivity (Wildman–Crippen MR) is 132 cm³/mol. The topological polar surface area (TPSA) is 57.6 Å². The average Bonchev–Trinajstić information content (AvgIpc) is 2.74. The Kier molecular flexibility index (Phi) is 7.69. The van der Waals surface area contributed by atoms with Crippen molar-refractivity contribution in [2.24, 2.45) is 5.10 Å². The highest BCUT2D eigenvalue weighted by Crippen LogP contribution is 2.30. The molecule has 31 heavy (non-hydrogen) atoms. The Morgan fingerprint density at radius 2 is 1.81 bits per heavy atom. The number of amides is 1. The number of carbonyl (C=O) groups is 1. The number of thioether (sulfide) groups is 1. The molecule has 1 aromatic heterocycles. The molecule has 0 saturated carbocycles. The van der Waals surface area contributed by atoms with Crippen LogP contribution in [0.25, 0.3) is 10.9 Å². The maximum Gasteiger partial charge on any atom is 0.250 e. The molecule has 3 aromatic rings. The van der Waals surface area contributed by atoms with E-state index in [2.05, 4.69) is 72.4 Å². The Morgan fingerprint density at radius 3 is 2.48 bits per heavy atom. The molecule has 0 atom stereocenters. The van der Waals surface area contributed by atoms with E-state index >= 15 is 0 Å². The highest BCUT2D eigenvalue weighted by atomic mass is 32.2. The fourth-order valence-corrected chi connectivity index (χ4v) is 4.52. The summed E-state index contributed by atoms with van der Waals surface area (Å²) in [4.78, 5) is 20.3. The maximum atomic E-state index is 12.3. The van der Waals surface area contributed by atoms with Crippen LogP contribution in [-0.2, 0) is 4.79 Å². The minimum absolute atomic E-state index is 0.131. The van der Waals surface area contributed by atoms with Gasteiger partial charge >= 0.3 is 0 Å². The van der Waals surface area contributed by atoms with Gasteiger partial charge in [0.15, 0.2) is 0 Å². The lowest BCUT2D eigenvalue weighted by Crippen LogP contribution is -2.21. The van der Waals surface area contributed by atoms with Crippen LogP contribution in [-0.4, -0.2) is 35.9 Å². The first-order chi connectivity index (χ1) is 14.9. The average molecular weight is 435 g/mol. The molecule has 0 unspecified atom stereocenters. The number of rotatable bonds is 8. The van der Waals surface area contributed by atoms with Crippen LogP contribution in [0, 0.1) is 20.8 Å². The summed E-state index contributed by atoms with van der Waals surface area (Å²) in [6.07, 6.45) is 1.67. The number of aromatic nitrogens is 1. The number of nitrogens with zero attached hydrogens (tertiary/aromatic N) is 3. The minimum Gasteiger partial charge on any atom is -0.372 e. The molecule has 5 nitrogen and oxygen atoms in total. The second-order valence-electron chi connectivity index (χ2n) is 7.59. The highest BCUT2D eigenvalue weighted by Gasteiger charge is 2.10. The van der Waals surface area contributed by atoms with Crippen molar-refractivity contribution in [3.8, 4) is 0 Å². The molecule has 1 heterocycles. The van der Waals surface area contributed by atoms with Crippen LogP contribution in [0.5, 0.6) is 0 Å². The van der Waals surface area contributed by atoms with Crippen molar-refractivity contribution < 1.29 is 4.79 Å². The Bertz CT molecular complexity index is 1090. The lowest BCUT2D eigenvalue weighted by atomic mass is 10.1. The van der Waals surface area contributed by atoms with Gasteiger partial charge in [0.2, 0.25) is 5.91 Å². The molecule has 0 bridgehead atoms. The number of hydrogen-bond donors (Lipinski definition) is 1. The Balaban J connectivity index is 1.61. The van der Waals surface area contributed by atoms with Crippen LogP contribution in [0.2, 0.25) is 0 Å². The smallest absolute Gasteiger partial charge is 0.250 e. The van der Waals surface area contributed by atoms with Crippen molar-refractivity contribution in [1.29, 1.82) is 0 Å². The number of hydrogen-bond acceptors (Lipinski definition) is 5. The molecule has 0 spiro atoms. The summed E-state index contributed by atoms with van der Waals surface area (Å²) in [5.41, 5.74) is 9.07. The summed E-state index contributed by atoms with van der Waals surface area (Å²) in [5.74, 6) is 0.164. The van der Waals surface area contributed by atoms with Gasteiger partial charge in [-0.25, -0.2) is 5.43 Å². The monoisotopic (exact) mass is 434 g/mol. The number of anilines is 1. The van der Waals surface area contributed by atoms with Gasteiger partial charge in [-0.1, -0.05) is 23.8 Å². The zero-order valence-electron chi connectivity index (χ0n) is 18.9. The second kappa shape index (κ2) is 10.4. The summed E-state index contributed by atoms with van der Waals surface area (Å²) >= 11 is 1.51. The van der Waals surface area contributed by atoms with Crippen molar-refractivity contribution in [3.05, 3.63) is 64.8 Å². The molecule has 6 heteroatoms. The van der Waals surface area contributed by atoms with E-state index in [1.165, 1.54) is 23.0 Å². The van der Waals surface area contributed by atoms with Gasteiger partial charge in [0, 0.05) is 34.8 Å². The molecule has 1 N–H and O–H groups in total. The van der Waals surface area contributed by atoms with Gasteiger partial charge in [0.1, 0.15) is 0 Å². The molecule has 162 valence electrons. The number of fused-ring (bicyclic) bond motifs is 1. The summed E-state index contributed by atoms with van der Waals surface area (Å²) < 4.78 is 0. The first-order valence-electron chi connectivity index (χ1n) is 10.6. The zero-order chi connectivity index (χ0) is 22.4. The number of hydrazone groups is 1. The third kappa shape index (κ3) is 5.85. The van der Waals surface area contributed by atoms with Gasteiger partial charge in [-0.2, -0.15) is 5.10 Å². The van der Waals surface area contributed by atoms with Crippen molar-refractivity contribution in [3.63, 3.8) is 0 Å². The summed E-state index contributed by atoms with van der Waals surface area (Å²) in [7, 11) is 0. The molecule has 0 radical (unpaired) electrons. The van der Waals surface area contributed by atoms with Crippen molar-refractivity contribution in [2.45, 2.75) is 39.5 Å². The Morgan fingerprint density at radius 1 is 1.10 bits per heavy atom. The van der Waals surface area contributed by atoms with E-state index in [4.69, 9.17) is 0 Å². The molecular formula is C25H30N4OS. The maximum absolute atomic E-state index is 12.3. The predicted octanol–water partition coefficient (Wildman–Crippen LogP) is 5.25. The zero-order valence-corrected chi connectivity index (χ0v) is 19.7. The number of carbonyl (C=O) groups excluding carboxylic acids is 1. The number of nitrogens with one attached hydrogen (secondary N) is 1. The van der Waals surface area contributed by atoms with E-state index in [-0.39, 0.29) is 5.91 Å². The van der Waals surface area contributed by atoms with E-state index in [0.29, 0.717) is 5.75 Å². The van der Waals surface area contributed by atoms with E-state index < -0.39 is 0 Å². The first-order valence-corrected chi connectivity index (χ1v) is 11.6. The molecule has 0 aliphatic heterocycles. The Labute approximate surface area is 188 Å². The molecule has 1 amide bonds. The quantitative estimate of drug-likeness (QED) is 0.299. The highest BCUT2D eigenvalue weighted by molar-refractivity contribution is 8.00. The van der Waals surface area contributed by atoms with Crippen LogP contribution in [0.3, 0.4) is 0 Å².